The van der Waals surface area contributed by atoms with E-state index in [1.165, 1.54) is 13.0 Å². The first-order valence-electron chi connectivity index (χ1n) is 9.86. The van der Waals surface area contributed by atoms with E-state index >= 15 is 0 Å². The molecule has 3 fully saturated rings. The zero-order valence-electron chi connectivity index (χ0n) is 17.1. The van der Waals surface area contributed by atoms with Crippen LogP contribution in [0.1, 0.15) is 37.8 Å². The minimum absolute atomic E-state index is 0.0439. The lowest BCUT2D eigenvalue weighted by Crippen LogP contribution is -2.51. The second-order valence-electron chi connectivity index (χ2n) is 8.49. The number of ether oxygens (including phenoxy) is 2. The standard InChI is InChI=1S/C21H19F3N2O6/c1-10(27)31-6-5-20-14(28)8-19(2,32-20)15-16(20)18(30)26(17(15)29)12-4-3-11(9-25)13(7-12)21(22,23)24/h3-4,7,14-16,28H,5-6,8H2,1-2H3/t14-,15+,16-,19+,20-/m1/s1. The Bertz CT molecular complexity index is 1070. The summed E-state index contributed by atoms with van der Waals surface area (Å²) in [7, 11) is 0. The van der Waals surface area contributed by atoms with Crippen LogP contribution in [-0.2, 0) is 30.0 Å². The molecule has 32 heavy (non-hydrogen) atoms. The van der Waals surface area contributed by atoms with Crippen LogP contribution in [0.4, 0.5) is 18.9 Å². The molecule has 0 aromatic heterocycles. The number of benzene rings is 1. The average molecular weight is 452 g/mol. The summed E-state index contributed by atoms with van der Waals surface area (Å²) in [6.45, 7) is 2.60. The molecule has 8 nitrogen and oxygen atoms in total. The van der Waals surface area contributed by atoms with Gasteiger partial charge in [0.1, 0.15) is 5.60 Å². The highest BCUT2D eigenvalue weighted by molar-refractivity contribution is 6.23. The van der Waals surface area contributed by atoms with Gasteiger partial charge in [0.25, 0.3) is 0 Å². The quantitative estimate of drug-likeness (QED) is 0.548. The number of aliphatic hydroxyl groups excluding tert-OH is 1. The number of esters is 1. The smallest absolute Gasteiger partial charge is 0.417 e. The van der Waals surface area contributed by atoms with E-state index in [4.69, 9.17) is 14.7 Å². The van der Waals surface area contributed by atoms with Crippen LogP contribution in [0.2, 0.25) is 0 Å². The zero-order valence-corrected chi connectivity index (χ0v) is 17.1. The SMILES string of the molecule is CC(=O)OCC[C@@]12O[C@@](C)(C[C@H]1O)[C@@H]1C(=O)N(c3ccc(C#N)c(C(F)(F)F)c3)C(=O)[C@@H]12. The first kappa shape index (κ1) is 22.2. The minimum Gasteiger partial charge on any atom is -0.466 e. The molecule has 170 valence electrons. The van der Waals surface area contributed by atoms with Crippen molar-refractivity contribution in [3.63, 3.8) is 0 Å². The lowest BCUT2D eigenvalue weighted by atomic mass is 9.66. The van der Waals surface area contributed by atoms with Gasteiger partial charge < -0.3 is 14.6 Å². The number of amides is 2. The van der Waals surface area contributed by atoms with Gasteiger partial charge in [0.15, 0.2) is 0 Å². The van der Waals surface area contributed by atoms with E-state index in [9.17, 15) is 32.7 Å². The molecule has 4 rings (SSSR count). The van der Waals surface area contributed by atoms with E-state index in [-0.39, 0.29) is 25.1 Å². The third-order valence-electron chi connectivity index (χ3n) is 6.56. The molecule has 11 heteroatoms. The third kappa shape index (κ3) is 3.01. The highest BCUT2D eigenvalue weighted by Crippen LogP contribution is 2.62. The molecule has 3 aliphatic heterocycles. The number of nitrogens with zero attached hydrogens (tertiary/aromatic N) is 2. The number of nitriles is 1. The van der Waals surface area contributed by atoms with Gasteiger partial charge in [-0.3, -0.25) is 14.4 Å². The number of imide groups is 1. The van der Waals surface area contributed by atoms with Crippen molar-refractivity contribution in [3.05, 3.63) is 29.3 Å². The molecule has 3 saturated heterocycles. The monoisotopic (exact) mass is 452 g/mol. The zero-order chi connectivity index (χ0) is 23.6. The number of fused-ring (bicyclic) bond motifs is 5. The second-order valence-corrected chi connectivity index (χ2v) is 8.49. The maximum Gasteiger partial charge on any atom is 0.417 e. The Hall–Kier alpha value is -2.97. The summed E-state index contributed by atoms with van der Waals surface area (Å²) < 4.78 is 51.2. The molecule has 2 amide bonds. The fourth-order valence-corrected chi connectivity index (χ4v) is 5.32. The molecule has 1 N–H and O–H groups in total. The van der Waals surface area contributed by atoms with Crippen molar-refractivity contribution in [2.24, 2.45) is 11.8 Å². The average Bonchev–Trinajstić information content (AvgIpc) is 3.22. The predicted octanol–water partition coefficient (Wildman–Crippen LogP) is 1.93. The summed E-state index contributed by atoms with van der Waals surface area (Å²) in [5, 5.41) is 19.7. The summed E-state index contributed by atoms with van der Waals surface area (Å²) in [5.74, 6) is -4.27. The highest BCUT2D eigenvalue weighted by atomic mass is 19.4. The number of halogens is 3. The molecule has 3 aliphatic rings. The predicted molar refractivity (Wildman–Crippen MR) is 99.7 cm³/mol. The van der Waals surface area contributed by atoms with E-state index in [1.807, 2.05) is 0 Å². The van der Waals surface area contributed by atoms with Crippen molar-refractivity contribution < 1.29 is 42.1 Å². The van der Waals surface area contributed by atoms with E-state index in [0.29, 0.717) is 11.0 Å². The molecular formula is C21H19F3N2O6. The van der Waals surface area contributed by atoms with Crippen molar-refractivity contribution in [1.82, 2.24) is 0 Å². The Kier molecular flexibility index (Phi) is 4.87. The molecule has 1 aromatic carbocycles. The van der Waals surface area contributed by atoms with Crippen LogP contribution in [0.15, 0.2) is 18.2 Å². The van der Waals surface area contributed by atoms with E-state index in [0.717, 1.165) is 12.1 Å². The Balaban J connectivity index is 1.75. The van der Waals surface area contributed by atoms with Crippen molar-refractivity contribution in [3.8, 4) is 6.07 Å². The molecule has 3 heterocycles. The molecule has 0 aliphatic carbocycles. The summed E-state index contributed by atoms with van der Waals surface area (Å²) >= 11 is 0. The van der Waals surface area contributed by atoms with E-state index < -0.39 is 64.2 Å². The molecule has 0 saturated carbocycles. The van der Waals surface area contributed by atoms with E-state index in [1.54, 1.807) is 6.92 Å². The molecule has 5 atom stereocenters. The van der Waals surface area contributed by atoms with Crippen molar-refractivity contribution in [1.29, 1.82) is 5.26 Å². The number of rotatable bonds is 4. The molecule has 1 aromatic rings. The van der Waals surface area contributed by atoms with Gasteiger partial charge in [-0.05, 0) is 25.1 Å². The number of anilines is 1. The molecular weight excluding hydrogens is 433 g/mol. The Morgan fingerprint density at radius 1 is 1.34 bits per heavy atom. The second kappa shape index (κ2) is 7.02. The van der Waals surface area contributed by atoms with Crippen LogP contribution >= 0.6 is 0 Å². The van der Waals surface area contributed by atoms with Gasteiger partial charge in [-0.2, -0.15) is 18.4 Å². The number of hydrogen-bond donors (Lipinski definition) is 1. The minimum atomic E-state index is -4.86. The van der Waals surface area contributed by atoms with Gasteiger partial charge in [-0.15, -0.1) is 0 Å². The first-order chi connectivity index (χ1) is 14.9. The van der Waals surface area contributed by atoms with Gasteiger partial charge in [0.05, 0.1) is 53.0 Å². The van der Waals surface area contributed by atoms with Crippen LogP contribution in [0, 0.1) is 23.2 Å². The fraction of sp³-hybridized carbons (Fsp3) is 0.524. The van der Waals surface area contributed by atoms with Crippen LogP contribution < -0.4 is 4.90 Å². The van der Waals surface area contributed by atoms with Crippen LogP contribution in [0.25, 0.3) is 0 Å². The van der Waals surface area contributed by atoms with Crippen LogP contribution in [0.5, 0.6) is 0 Å². The van der Waals surface area contributed by atoms with Crippen LogP contribution in [0.3, 0.4) is 0 Å². The van der Waals surface area contributed by atoms with Gasteiger partial charge in [-0.1, -0.05) is 0 Å². The number of carbonyl (C=O) groups excluding carboxylic acids is 3. The lowest BCUT2D eigenvalue weighted by Gasteiger charge is -2.35. The number of carbonyl (C=O) groups is 3. The number of hydrogen-bond acceptors (Lipinski definition) is 7. The highest BCUT2D eigenvalue weighted by Gasteiger charge is 2.77. The topological polar surface area (TPSA) is 117 Å². The summed E-state index contributed by atoms with van der Waals surface area (Å²) in [4.78, 5) is 38.4. The Labute approximate surface area is 180 Å². The maximum atomic E-state index is 13.4. The van der Waals surface area contributed by atoms with E-state index in [2.05, 4.69) is 0 Å². The third-order valence-corrected chi connectivity index (χ3v) is 6.56. The number of alkyl halides is 3. The largest absolute Gasteiger partial charge is 0.466 e. The van der Waals surface area contributed by atoms with Crippen molar-refractivity contribution in [2.45, 2.75) is 50.2 Å². The Morgan fingerprint density at radius 2 is 2.00 bits per heavy atom. The van der Waals surface area contributed by atoms with Crippen molar-refractivity contribution >= 4 is 23.5 Å². The Morgan fingerprint density at radius 3 is 2.59 bits per heavy atom. The fourth-order valence-electron chi connectivity index (χ4n) is 5.32. The summed E-state index contributed by atoms with van der Waals surface area (Å²) in [6, 6.07) is 4.07. The summed E-state index contributed by atoms with van der Waals surface area (Å²) in [5.41, 5.74) is -4.92. The van der Waals surface area contributed by atoms with Gasteiger partial charge in [0, 0.05) is 19.8 Å². The molecule has 0 spiro atoms. The first-order valence-corrected chi connectivity index (χ1v) is 9.86. The summed E-state index contributed by atoms with van der Waals surface area (Å²) in [6.07, 6.45) is -6.01. The van der Waals surface area contributed by atoms with Crippen molar-refractivity contribution in [2.75, 3.05) is 11.5 Å². The maximum absolute atomic E-state index is 13.4. The molecule has 2 bridgehead atoms. The number of aliphatic hydroxyl groups is 1. The molecule has 0 radical (unpaired) electrons. The van der Waals surface area contributed by atoms with Gasteiger partial charge >= 0.3 is 12.1 Å². The lowest BCUT2D eigenvalue weighted by molar-refractivity contribution is -0.148. The molecule has 0 unspecified atom stereocenters. The van der Waals surface area contributed by atoms with Gasteiger partial charge in [-0.25, -0.2) is 4.90 Å². The normalized spacial score (nSPS) is 33.4. The van der Waals surface area contributed by atoms with Gasteiger partial charge in [0.2, 0.25) is 11.8 Å². The van der Waals surface area contributed by atoms with Crippen LogP contribution in [-0.4, -0.2) is 46.8 Å².